The number of alkyl halides is 1. The maximum Gasteiger partial charge on any atom is 0.234 e. The quantitative estimate of drug-likeness (QED) is 0.593. The summed E-state index contributed by atoms with van der Waals surface area (Å²) < 4.78 is 14.7. The molecule has 3 aromatic heterocycles. The van der Waals surface area contributed by atoms with Crippen molar-refractivity contribution in [3.05, 3.63) is 41.3 Å². The highest BCUT2D eigenvalue weighted by atomic mass is 32.1. The highest BCUT2D eigenvalue weighted by Gasteiger charge is 2.22. The molecule has 0 saturated carbocycles. The lowest BCUT2D eigenvalue weighted by atomic mass is 10.2. The van der Waals surface area contributed by atoms with Crippen LogP contribution in [0.5, 0.6) is 0 Å². The number of nitrogens with zero attached hydrogens (tertiary/aromatic N) is 6. The van der Waals surface area contributed by atoms with Crippen molar-refractivity contribution in [1.82, 2.24) is 19.7 Å². The predicted molar refractivity (Wildman–Crippen MR) is 108 cm³/mol. The zero-order valence-electron chi connectivity index (χ0n) is 15.7. The van der Waals surface area contributed by atoms with Crippen molar-refractivity contribution >= 4 is 28.6 Å². The van der Waals surface area contributed by atoms with Crippen molar-refractivity contribution < 1.29 is 9.18 Å². The van der Waals surface area contributed by atoms with E-state index in [9.17, 15) is 9.18 Å². The topological polar surface area (TPSA) is 67.2 Å². The van der Waals surface area contributed by atoms with Gasteiger partial charge in [0, 0.05) is 25.4 Å². The minimum atomic E-state index is -0.786. The summed E-state index contributed by atoms with van der Waals surface area (Å²) in [5, 5.41) is 6.41. The van der Waals surface area contributed by atoms with Gasteiger partial charge in [-0.15, -0.1) is 11.3 Å². The third-order valence-corrected chi connectivity index (χ3v) is 5.82. The zero-order valence-corrected chi connectivity index (χ0v) is 16.6. The van der Waals surface area contributed by atoms with Gasteiger partial charge in [-0.3, -0.25) is 4.79 Å². The molecule has 1 aliphatic heterocycles. The Balaban J connectivity index is 1.53. The van der Waals surface area contributed by atoms with Gasteiger partial charge in [0.05, 0.1) is 35.7 Å². The molecule has 0 aromatic carbocycles. The second-order valence-corrected chi connectivity index (χ2v) is 8.09. The standard InChI is InChI=1S/C19H21FN6OS/c1-13-21-9-19(28-13)24(2)11-16-7-17(23-26(16)12-27)14-3-4-18(22-8-14)25-6-5-15(20)10-25/h3-4,7-9,12,15H,5-6,10-11H2,1-2H3. The molecule has 4 heterocycles. The van der Waals surface area contributed by atoms with Crippen LogP contribution in [0.15, 0.2) is 30.6 Å². The van der Waals surface area contributed by atoms with Gasteiger partial charge in [0.2, 0.25) is 6.41 Å². The first-order chi connectivity index (χ1) is 13.5. The molecule has 1 unspecified atom stereocenters. The molecule has 0 bridgehead atoms. The molecule has 0 N–H and O–H groups in total. The van der Waals surface area contributed by atoms with E-state index < -0.39 is 6.17 Å². The van der Waals surface area contributed by atoms with E-state index >= 15 is 0 Å². The summed E-state index contributed by atoms with van der Waals surface area (Å²) in [7, 11) is 1.96. The van der Waals surface area contributed by atoms with Gasteiger partial charge in [0.15, 0.2) is 0 Å². The number of anilines is 2. The molecule has 28 heavy (non-hydrogen) atoms. The van der Waals surface area contributed by atoms with E-state index in [1.807, 2.05) is 48.2 Å². The number of pyridine rings is 1. The van der Waals surface area contributed by atoms with E-state index in [0.29, 0.717) is 38.2 Å². The number of rotatable bonds is 6. The fraction of sp³-hybridized carbons (Fsp3) is 0.368. The number of aromatic nitrogens is 4. The Kier molecular flexibility index (Phi) is 5.08. The number of halogens is 1. The highest BCUT2D eigenvalue weighted by Crippen LogP contribution is 2.26. The monoisotopic (exact) mass is 400 g/mol. The van der Waals surface area contributed by atoms with Gasteiger partial charge in [0.1, 0.15) is 17.0 Å². The van der Waals surface area contributed by atoms with Crippen LogP contribution in [-0.2, 0) is 11.3 Å². The summed E-state index contributed by atoms with van der Waals surface area (Å²) in [6, 6.07) is 5.67. The van der Waals surface area contributed by atoms with E-state index in [0.717, 1.165) is 27.1 Å². The van der Waals surface area contributed by atoms with Crippen LogP contribution in [-0.4, -0.2) is 52.5 Å². The SMILES string of the molecule is Cc1ncc(N(C)Cc2cc(-c3ccc(N4CCC(F)C4)nc3)nn2C=O)s1. The van der Waals surface area contributed by atoms with E-state index in [-0.39, 0.29) is 0 Å². The maximum atomic E-state index is 13.4. The minimum Gasteiger partial charge on any atom is -0.359 e. The molecule has 0 amide bonds. The van der Waals surface area contributed by atoms with Crippen LogP contribution < -0.4 is 9.80 Å². The van der Waals surface area contributed by atoms with Crippen molar-refractivity contribution in [3.8, 4) is 11.3 Å². The average Bonchev–Trinajstić information content (AvgIpc) is 3.42. The van der Waals surface area contributed by atoms with Crippen molar-refractivity contribution in [2.75, 3.05) is 29.9 Å². The summed E-state index contributed by atoms with van der Waals surface area (Å²) in [5.74, 6) is 0.763. The second-order valence-electron chi connectivity index (χ2n) is 6.88. The van der Waals surface area contributed by atoms with E-state index in [1.54, 1.807) is 17.5 Å². The van der Waals surface area contributed by atoms with Gasteiger partial charge >= 0.3 is 0 Å². The predicted octanol–water partition coefficient (Wildman–Crippen LogP) is 2.93. The van der Waals surface area contributed by atoms with Crippen LogP contribution in [0.2, 0.25) is 0 Å². The first kappa shape index (κ1) is 18.5. The molecular weight excluding hydrogens is 379 g/mol. The van der Waals surface area contributed by atoms with E-state index in [2.05, 4.69) is 15.1 Å². The number of aryl methyl sites for hydroxylation is 1. The molecule has 1 aliphatic rings. The lowest BCUT2D eigenvalue weighted by Crippen LogP contribution is -2.20. The molecule has 7 nitrogen and oxygen atoms in total. The van der Waals surface area contributed by atoms with Crippen LogP contribution in [0.25, 0.3) is 11.3 Å². The van der Waals surface area contributed by atoms with Gasteiger partial charge in [-0.2, -0.15) is 5.10 Å². The fourth-order valence-electron chi connectivity index (χ4n) is 3.28. The Morgan fingerprint density at radius 1 is 1.36 bits per heavy atom. The summed E-state index contributed by atoms with van der Waals surface area (Å²) in [6.07, 6.45) is 4.01. The number of hydrogen-bond acceptors (Lipinski definition) is 7. The molecule has 1 saturated heterocycles. The normalized spacial score (nSPS) is 16.5. The largest absolute Gasteiger partial charge is 0.359 e. The van der Waals surface area contributed by atoms with Crippen LogP contribution >= 0.6 is 11.3 Å². The number of hydrogen-bond donors (Lipinski definition) is 0. The zero-order chi connectivity index (χ0) is 19.7. The minimum absolute atomic E-state index is 0.389. The molecule has 146 valence electrons. The average molecular weight is 400 g/mol. The van der Waals surface area contributed by atoms with Crippen molar-refractivity contribution in [2.45, 2.75) is 26.1 Å². The van der Waals surface area contributed by atoms with Gasteiger partial charge in [-0.25, -0.2) is 19.0 Å². The van der Waals surface area contributed by atoms with E-state index in [4.69, 9.17) is 0 Å². The molecule has 0 spiro atoms. The van der Waals surface area contributed by atoms with Gasteiger partial charge in [-0.1, -0.05) is 0 Å². The first-order valence-corrected chi connectivity index (χ1v) is 9.88. The lowest BCUT2D eigenvalue weighted by Gasteiger charge is -2.16. The Labute approximate surface area is 166 Å². The molecule has 0 radical (unpaired) electrons. The van der Waals surface area contributed by atoms with Crippen molar-refractivity contribution in [3.63, 3.8) is 0 Å². The maximum absolute atomic E-state index is 13.4. The van der Waals surface area contributed by atoms with E-state index in [1.165, 1.54) is 4.68 Å². The molecular formula is C19H21FN6OS. The van der Waals surface area contributed by atoms with Gasteiger partial charge < -0.3 is 9.80 Å². The third kappa shape index (κ3) is 3.75. The van der Waals surface area contributed by atoms with Crippen LogP contribution in [0.1, 0.15) is 17.1 Å². The number of carbonyl (C=O) groups is 1. The Morgan fingerprint density at radius 2 is 2.21 bits per heavy atom. The van der Waals surface area contributed by atoms with Crippen LogP contribution in [0, 0.1) is 6.92 Å². The smallest absolute Gasteiger partial charge is 0.234 e. The van der Waals surface area contributed by atoms with Crippen LogP contribution in [0.3, 0.4) is 0 Å². The third-order valence-electron chi connectivity index (χ3n) is 4.80. The Morgan fingerprint density at radius 3 is 2.82 bits per heavy atom. The summed E-state index contributed by atoms with van der Waals surface area (Å²) in [6.45, 7) is 3.56. The molecule has 3 aromatic rings. The highest BCUT2D eigenvalue weighted by molar-refractivity contribution is 7.15. The Bertz CT molecular complexity index is 969. The summed E-state index contributed by atoms with van der Waals surface area (Å²) >= 11 is 1.60. The molecule has 4 rings (SSSR count). The molecule has 9 heteroatoms. The van der Waals surface area contributed by atoms with Crippen LogP contribution in [0.4, 0.5) is 15.2 Å². The summed E-state index contributed by atoms with van der Waals surface area (Å²) in [4.78, 5) is 24.2. The molecule has 1 atom stereocenters. The molecule has 0 aliphatic carbocycles. The summed E-state index contributed by atoms with van der Waals surface area (Å²) in [5.41, 5.74) is 2.28. The number of thiazole rings is 1. The number of carbonyl (C=O) groups excluding carboxylic acids is 1. The first-order valence-electron chi connectivity index (χ1n) is 9.06. The lowest BCUT2D eigenvalue weighted by molar-refractivity contribution is 0.364. The van der Waals surface area contributed by atoms with Crippen molar-refractivity contribution in [1.29, 1.82) is 0 Å². The van der Waals surface area contributed by atoms with Gasteiger partial charge in [0.25, 0.3) is 0 Å². The fourth-order valence-corrected chi connectivity index (χ4v) is 4.02. The van der Waals surface area contributed by atoms with Gasteiger partial charge in [-0.05, 0) is 31.5 Å². The molecule has 1 fully saturated rings. The second kappa shape index (κ2) is 7.67. The van der Waals surface area contributed by atoms with Crippen molar-refractivity contribution in [2.24, 2.45) is 0 Å². The Hall–Kier alpha value is -2.81.